The SMILES string of the molecule is CC(=O)N[C@H]1[C@H](O[C@H]2[C@@H](O)[C@@H](CO)O[C@@H](O[C@H]3[C@H](O)[C@@H](O)[C@H](O)O[C@@H]3CO)[C@@H]2O)O[C@H](CO)[C@@H](O[C@@H]2O[C@H](CO)[C@H](O)[C@H](O[C@@H]3O[C@H](CO)[C@@H](O[C@@H]4O[C@H](CO)[C@H](O)[C@H](O[C@@H]5O[C@H](CO)[C@@H](O[C@@H]6O[C@H](CO)[C@H](O)[C@H](O[C@H]7O[C@H](CO)[C@H](O)[C@H](O)[C@H]7NC(C)=O)[C@H]6O[C@@H]6O[C@@H](C)[C@@H](O)[C@@H](O)[C@@H]6O)[C@H](O)[C@H]5NC(C)=O)[C@H]4O)[C@H](O)[C@H]3NC(C)=O)[C@H]2O)[C@@H]1O. The van der Waals surface area contributed by atoms with E-state index < -0.39 is 390 Å². The minimum absolute atomic E-state index is 0.842. The van der Waals surface area contributed by atoms with E-state index in [-0.39, 0.29) is 0 Å². The number of aliphatic hydroxyl groups is 27. The van der Waals surface area contributed by atoms with Crippen LogP contribution in [0.4, 0.5) is 0 Å². The molecule has 50 atom stereocenters. The summed E-state index contributed by atoms with van der Waals surface area (Å²) in [5.74, 6) is -3.74. The van der Waals surface area contributed by atoms with Gasteiger partial charge in [0, 0.05) is 27.7 Å². The highest BCUT2D eigenvalue weighted by Crippen LogP contribution is 2.42. The highest BCUT2D eigenvalue weighted by molar-refractivity contribution is 5.74. The maximum absolute atomic E-state index is 13.2. The number of carbonyl (C=O) groups excluding carboxylic acids is 4. The standard InChI is InChI=1S/C68H114N4O50/c1-15-33(86)43(96)46(99)64(104-15)122-58-57(121-60-29(69-16(2)82)39(92)34(87)20(6-73)106-60)38(91)24(10-77)110-68(58)117-52-28(14-81)113-63(32(42(52)95)72-19(5)85)119-55-36(89)22(8-75)108-66(48(55)101)115-50-26(12-79)111-61(30(40(50)93)70-17(3)83)118-54-35(88)21(7-74)107-65(47(54)100)114-51-27(13-80)112-62(31(41(51)94)71-18(4)84)120-56-37(90)23(9-76)109-67(49(56)102)116-53-25(11-78)105-59(103)45(98)44(53)97/h15,20-68,73-81,86-103H,6-14H2,1-5H3,(H,69,82)(H,70,83)(H,71,84)(H,72,85)/t15-,20+,21+,22+,23+,24+,25+,26+,27+,28+,29+,30+,31+,32+,33+,34-,35-,36-,37-,38-,39+,40+,41+,42+,43+,44+,45+,46-,47+,48+,49+,50+,51+,52+,53+,54-,55-,56-,57-,58+,59+,60+,61-,62-,63-,64-,65-,66-,67-,68-/m0/s1. The zero-order valence-corrected chi connectivity index (χ0v) is 65.7. The summed E-state index contributed by atoms with van der Waals surface area (Å²) in [6.07, 6.45) is -93.9. The molecule has 0 spiro atoms. The average molecular weight is 1790 g/mol. The van der Waals surface area contributed by atoms with Gasteiger partial charge in [-0.15, -0.1) is 0 Å². The van der Waals surface area contributed by atoms with Crippen LogP contribution in [0.5, 0.6) is 0 Å². The van der Waals surface area contributed by atoms with Crippen molar-refractivity contribution in [2.75, 3.05) is 59.5 Å². The third-order valence-corrected chi connectivity index (χ3v) is 22.5. The van der Waals surface area contributed by atoms with Crippen LogP contribution < -0.4 is 21.3 Å². The Hall–Kier alpha value is -3.96. The van der Waals surface area contributed by atoms with E-state index in [4.69, 9.17) is 90.0 Å². The van der Waals surface area contributed by atoms with Gasteiger partial charge in [-0.3, -0.25) is 19.2 Å². The van der Waals surface area contributed by atoms with E-state index in [1.807, 2.05) is 0 Å². The van der Waals surface area contributed by atoms with E-state index >= 15 is 0 Å². The third-order valence-electron chi connectivity index (χ3n) is 22.5. The largest absolute Gasteiger partial charge is 0.394 e. The van der Waals surface area contributed by atoms with Gasteiger partial charge >= 0.3 is 0 Å². The second-order valence-corrected chi connectivity index (χ2v) is 30.9. The Bertz CT molecular complexity index is 3290. The molecule has 706 valence electrons. The maximum atomic E-state index is 13.2. The number of hydrogen-bond acceptors (Lipinski definition) is 50. The molecule has 10 rings (SSSR count). The van der Waals surface area contributed by atoms with Crippen molar-refractivity contribution in [1.29, 1.82) is 0 Å². The van der Waals surface area contributed by atoms with E-state index in [9.17, 15) is 157 Å². The molecule has 54 heteroatoms. The van der Waals surface area contributed by atoms with Crippen LogP contribution >= 0.6 is 0 Å². The van der Waals surface area contributed by atoms with Gasteiger partial charge in [0.25, 0.3) is 0 Å². The second kappa shape index (κ2) is 43.6. The molecular formula is C68H114N4O50. The zero-order chi connectivity index (χ0) is 89.8. The lowest BCUT2D eigenvalue weighted by Gasteiger charge is -2.52. The first-order valence-electron chi connectivity index (χ1n) is 39.0. The molecule has 10 aliphatic heterocycles. The predicted octanol–water partition coefficient (Wildman–Crippen LogP) is -21.2. The average Bonchev–Trinajstić information content (AvgIpc) is 0.762. The Labute approximate surface area is 691 Å². The minimum atomic E-state index is -2.42. The lowest BCUT2D eigenvalue weighted by Crippen LogP contribution is -2.71. The second-order valence-electron chi connectivity index (χ2n) is 30.9. The molecule has 0 aromatic carbocycles. The lowest BCUT2D eigenvalue weighted by molar-refractivity contribution is -0.402. The molecular weight excluding hydrogens is 1670 g/mol. The predicted molar refractivity (Wildman–Crippen MR) is 375 cm³/mol. The van der Waals surface area contributed by atoms with Gasteiger partial charge in [0.15, 0.2) is 62.9 Å². The molecule has 0 unspecified atom stereocenters. The van der Waals surface area contributed by atoms with Crippen LogP contribution in [-0.4, -0.2) is 528 Å². The van der Waals surface area contributed by atoms with E-state index in [0.29, 0.717) is 0 Å². The molecule has 0 saturated carbocycles. The van der Waals surface area contributed by atoms with Gasteiger partial charge < -0.3 is 249 Å². The van der Waals surface area contributed by atoms with Crippen LogP contribution in [0.15, 0.2) is 0 Å². The number of nitrogens with one attached hydrogen (secondary N) is 4. The fraction of sp³-hybridized carbons (Fsp3) is 0.941. The summed E-state index contributed by atoms with van der Waals surface area (Å²) in [6.45, 7) is -4.96. The molecule has 0 radical (unpaired) electrons. The van der Waals surface area contributed by atoms with Crippen LogP contribution in [0.25, 0.3) is 0 Å². The first kappa shape index (κ1) is 100. The Kier molecular flexibility index (Phi) is 35.8. The summed E-state index contributed by atoms with van der Waals surface area (Å²) in [4.78, 5) is 51.6. The molecule has 10 saturated heterocycles. The quantitative estimate of drug-likeness (QED) is 0.0306. The summed E-state index contributed by atoms with van der Waals surface area (Å²) in [6, 6.07) is -7.65. The van der Waals surface area contributed by atoms with E-state index in [2.05, 4.69) is 21.3 Å². The van der Waals surface area contributed by atoms with E-state index in [1.165, 1.54) is 6.92 Å². The smallest absolute Gasteiger partial charge is 0.217 e. The molecule has 122 heavy (non-hydrogen) atoms. The molecule has 10 fully saturated rings. The van der Waals surface area contributed by atoms with Crippen molar-refractivity contribution in [1.82, 2.24) is 21.3 Å². The summed E-state index contributed by atoms with van der Waals surface area (Å²) in [5.41, 5.74) is 0. The topological polar surface area (TPSA) is 838 Å². The molecule has 0 bridgehead atoms. The summed E-state index contributed by atoms with van der Waals surface area (Å²) < 4.78 is 112. The van der Waals surface area contributed by atoms with Crippen LogP contribution in [0.1, 0.15) is 34.6 Å². The summed E-state index contributed by atoms with van der Waals surface area (Å²) >= 11 is 0. The van der Waals surface area contributed by atoms with Gasteiger partial charge in [0.1, 0.15) is 238 Å². The Morgan fingerprint density at radius 3 is 0.779 bits per heavy atom. The van der Waals surface area contributed by atoms with Crippen molar-refractivity contribution in [3.63, 3.8) is 0 Å². The van der Waals surface area contributed by atoms with Crippen LogP contribution in [0.2, 0.25) is 0 Å². The van der Waals surface area contributed by atoms with Crippen molar-refractivity contribution in [2.24, 2.45) is 0 Å². The molecule has 54 nitrogen and oxygen atoms in total. The number of carbonyl (C=O) groups is 4. The number of ether oxygens (including phenoxy) is 19. The van der Waals surface area contributed by atoms with Crippen molar-refractivity contribution in [2.45, 2.75) is 341 Å². The first-order chi connectivity index (χ1) is 57.7. The van der Waals surface area contributed by atoms with Crippen LogP contribution in [0, 0.1) is 0 Å². The highest BCUT2D eigenvalue weighted by atomic mass is 16.8. The van der Waals surface area contributed by atoms with Gasteiger partial charge in [-0.2, -0.15) is 0 Å². The molecule has 0 aliphatic carbocycles. The Morgan fingerprint density at radius 1 is 0.213 bits per heavy atom. The fourth-order valence-corrected chi connectivity index (χ4v) is 16.0. The van der Waals surface area contributed by atoms with Crippen LogP contribution in [0.3, 0.4) is 0 Å². The number of aliphatic hydroxyl groups excluding tert-OH is 27. The maximum Gasteiger partial charge on any atom is 0.217 e. The van der Waals surface area contributed by atoms with Crippen molar-refractivity contribution in [3.8, 4) is 0 Å². The fourth-order valence-electron chi connectivity index (χ4n) is 16.0. The molecule has 10 heterocycles. The molecule has 0 aromatic rings. The molecule has 0 aromatic heterocycles. The first-order valence-corrected chi connectivity index (χ1v) is 39.0. The minimum Gasteiger partial charge on any atom is -0.394 e. The van der Waals surface area contributed by atoms with Crippen molar-refractivity contribution in [3.05, 3.63) is 0 Å². The third kappa shape index (κ3) is 21.7. The van der Waals surface area contributed by atoms with Gasteiger partial charge in [-0.25, -0.2) is 0 Å². The number of rotatable bonds is 31. The van der Waals surface area contributed by atoms with Gasteiger partial charge in [0.2, 0.25) is 23.6 Å². The van der Waals surface area contributed by atoms with Gasteiger partial charge in [-0.05, 0) is 6.92 Å². The monoisotopic (exact) mass is 1790 g/mol. The van der Waals surface area contributed by atoms with Crippen LogP contribution in [-0.2, 0) is 109 Å². The highest BCUT2D eigenvalue weighted by Gasteiger charge is 2.63. The number of hydrogen-bond donors (Lipinski definition) is 31. The zero-order valence-electron chi connectivity index (χ0n) is 65.7. The molecule has 10 aliphatic rings. The number of amides is 4. The summed E-state index contributed by atoms with van der Waals surface area (Å²) in [7, 11) is 0. The summed E-state index contributed by atoms with van der Waals surface area (Å²) in [5, 5.41) is 310. The lowest BCUT2D eigenvalue weighted by atomic mass is 9.93. The van der Waals surface area contributed by atoms with Gasteiger partial charge in [0.05, 0.1) is 65.6 Å². The molecule has 31 N–H and O–H groups in total. The normalized spacial score (nSPS) is 49.7. The van der Waals surface area contributed by atoms with Crippen molar-refractivity contribution < 1.29 is 247 Å². The Morgan fingerprint density at radius 2 is 0.451 bits per heavy atom. The van der Waals surface area contributed by atoms with E-state index in [1.54, 1.807) is 0 Å². The molecule has 4 amide bonds. The van der Waals surface area contributed by atoms with Gasteiger partial charge in [-0.1, -0.05) is 0 Å². The Balaban J connectivity index is 0.858. The van der Waals surface area contributed by atoms with E-state index in [0.717, 1.165) is 27.7 Å². The van der Waals surface area contributed by atoms with Crippen molar-refractivity contribution >= 4 is 23.6 Å².